The zero-order chi connectivity index (χ0) is 14.9. The second-order valence-corrected chi connectivity index (χ2v) is 7.51. The molecule has 1 heterocycles. The summed E-state index contributed by atoms with van der Waals surface area (Å²) in [6.07, 6.45) is 1.15. The molecule has 0 N–H and O–H groups in total. The first kappa shape index (κ1) is 15.4. The fourth-order valence-electron chi connectivity index (χ4n) is 2.08. The molecular formula is C12H14BrFN2O3S. The van der Waals surface area contributed by atoms with Gasteiger partial charge in [0.2, 0.25) is 10.0 Å². The molecule has 0 unspecified atom stereocenters. The van der Waals surface area contributed by atoms with Crippen LogP contribution in [0.15, 0.2) is 22.7 Å². The number of piperazine rings is 1. The number of carbonyl (C=O) groups is 1. The van der Waals surface area contributed by atoms with E-state index in [1.807, 2.05) is 0 Å². The monoisotopic (exact) mass is 364 g/mol. The van der Waals surface area contributed by atoms with Crippen molar-refractivity contribution < 1.29 is 17.6 Å². The first-order valence-electron chi connectivity index (χ1n) is 5.98. The van der Waals surface area contributed by atoms with Crippen LogP contribution in [0.3, 0.4) is 0 Å². The van der Waals surface area contributed by atoms with E-state index in [4.69, 9.17) is 0 Å². The van der Waals surface area contributed by atoms with E-state index < -0.39 is 15.8 Å². The topological polar surface area (TPSA) is 57.7 Å². The summed E-state index contributed by atoms with van der Waals surface area (Å²) in [5.74, 6) is -0.782. The highest BCUT2D eigenvalue weighted by Gasteiger charge is 2.26. The molecule has 0 spiro atoms. The Hall–Kier alpha value is -0.990. The quantitative estimate of drug-likeness (QED) is 0.794. The number of carbonyl (C=O) groups excluding carboxylic acids is 1. The Kier molecular flexibility index (Phi) is 4.46. The molecule has 1 fully saturated rings. The SMILES string of the molecule is CS(=O)(=O)N1CCN(C(=O)c2cc(F)cc(Br)c2)CC1. The normalized spacial score (nSPS) is 17.2. The van der Waals surface area contributed by atoms with Crippen LogP contribution in [0.4, 0.5) is 4.39 Å². The van der Waals surface area contributed by atoms with E-state index in [2.05, 4.69) is 15.9 Å². The van der Waals surface area contributed by atoms with Crippen LogP contribution < -0.4 is 0 Å². The Morgan fingerprint density at radius 3 is 2.30 bits per heavy atom. The molecule has 0 bridgehead atoms. The molecule has 0 saturated carbocycles. The van der Waals surface area contributed by atoms with Gasteiger partial charge in [0.25, 0.3) is 5.91 Å². The third-order valence-electron chi connectivity index (χ3n) is 3.10. The van der Waals surface area contributed by atoms with Crippen LogP contribution in [0.5, 0.6) is 0 Å². The van der Waals surface area contributed by atoms with Crippen LogP contribution in [0.25, 0.3) is 0 Å². The highest BCUT2D eigenvalue weighted by atomic mass is 79.9. The first-order chi connectivity index (χ1) is 9.27. The second-order valence-electron chi connectivity index (χ2n) is 4.61. The molecule has 0 aliphatic carbocycles. The van der Waals surface area contributed by atoms with Gasteiger partial charge in [0.1, 0.15) is 5.82 Å². The largest absolute Gasteiger partial charge is 0.336 e. The van der Waals surface area contributed by atoms with Crippen molar-refractivity contribution in [2.24, 2.45) is 0 Å². The lowest BCUT2D eigenvalue weighted by atomic mass is 10.2. The zero-order valence-electron chi connectivity index (χ0n) is 10.8. The summed E-state index contributed by atoms with van der Waals surface area (Å²) < 4.78 is 37.9. The molecule has 20 heavy (non-hydrogen) atoms. The van der Waals surface area contributed by atoms with E-state index in [9.17, 15) is 17.6 Å². The lowest BCUT2D eigenvalue weighted by molar-refractivity contribution is 0.0697. The molecule has 8 heteroatoms. The average Bonchev–Trinajstić information content (AvgIpc) is 2.36. The molecule has 1 saturated heterocycles. The number of hydrogen-bond acceptors (Lipinski definition) is 3. The highest BCUT2D eigenvalue weighted by molar-refractivity contribution is 9.10. The Labute approximate surface area is 125 Å². The van der Waals surface area contributed by atoms with Crippen molar-refractivity contribution in [3.63, 3.8) is 0 Å². The standard InChI is InChI=1S/C12H14BrFN2O3S/c1-20(18,19)16-4-2-15(3-5-16)12(17)9-6-10(13)8-11(14)7-9/h6-8H,2-5H2,1H3. The van der Waals surface area contributed by atoms with E-state index in [0.29, 0.717) is 17.6 Å². The third-order valence-corrected chi connectivity index (χ3v) is 4.87. The third kappa shape index (κ3) is 3.56. The molecule has 1 amide bonds. The predicted octanol–water partition coefficient (Wildman–Crippen LogP) is 1.31. The zero-order valence-corrected chi connectivity index (χ0v) is 13.2. The maximum absolute atomic E-state index is 13.3. The lowest BCUT2D eigenvalue weighted by Gasteiger charge is -2.33. The maximum atomic E-state index is 13.3. The average molecular weight is 365 g/mol. The van der Waals surface area contributed by atoms with Crippen LogP contribution in [-0.4, -0.2) is 56.0 Å². The molecule has 1 aliphatic heterocycles. The number of amides is 1. The van der Waals surface area contributed by atoms with E-state index >= 15 is 0 Å². The minimum Gasteiger partial charge on any atom is -0.336 e. The summed E-state index contributed by atoms with van der Waals surface area (Å²) in [5.41, 5.74) is 0.254. The van der Waals surface area contributed by atoms with Gasteiger partial charge in [-0.15, -0.1) is 0 Å². The molecule has 1 aromatic carbocycles. The van der Waals surface area contributed by atoms with Gasteiger partial charge in [0.15, 0.2) is 0 Å². The first-order valence-corrected chi connectivity index (χ1v) is 8.62. The van der Waals surface area contributed by atoms with Crippen molar-refractivity contribution in [3.05, 3.63) is 34.1 Å². The Balaban J connectivity index is 2.09. The van der Waals surface area contributed by atoms with Gasteiger partial charge in [-0.05, 0) is 18.2 Å². The van der Waals surface area contributed by atoms with Gasteiger partial charge in [0.05, 0.1) is 6.26 Å². The van der Waals surface area contributed by atoms with Gasteiger partial charge in [-0.1, -0.05) is 15.9 Å². The van der Waals surface area contributed by atoms with Crippen molar-refractivity contribution in [1.82, 2.24) is 9.21 Å². The molecule has 110 valence electrons. The van der Waals surface area contributed by atoms with Crippen LogP contribution >= 0.6 is 15.9 Å². The molecule has 5 nitrogen and oxygen atoms in total. The van der Waals surface area contributed by atoms with Gasteiger partial charge in [-0.3, -0.25) is 4.79 Å². The molecular weight excluding hydrogens is 351 g/mol. The van der Waals surface area contributed by atoms with Crippen LogP contribution in [0.1, 0.15) is 10.4 Å². The van der Waals surface area contributed by atoms with Crippen LogP contribution in [-0.2, 0) is 10.0 Å². The summed E-state index contributed by atoms with van der Waals surface area (Å²) in [7, 11) is -3.23. The summed E-state index contributed by atoms with van der Waals surface area (Å²) in [5, 5.41) is 0. The summed E-state index contributed by atoms with van der Waals surface area (Å²) in [6.45, 7) is 1.14. The van der Waals surface area contributed by atoms with Gasteiger partial charge in [-0.25, -0.2) is 12.8 Å². The molecule has 0 atom stereocenters. The van der Waals surface area contributed by atoms with E-state index in [1.165, 1.54) is 21.3 Å². The summed E-state index contributed by atoms with van der Waals surface area (Å²) in [6, 6.07) is 4.00. The van der Waals surface area contributed by atoms with E-state index in [0.717, 1.165) is 6.26 Å². The summed E-state index contributed by atoms with van der Waals surface area (Å²) in [4.78, 5) is 13.8. The minimum atomic E-state index is -3.23. The Bertz CT molecular complexity index is 607. The van der Waals surface area contributed by atoms with Crippen molar-refractivity contribution in [2.45, 2.75) is 0 Å². The predicted molar refractivity (Wildman–Crippen MR) is 76.4 cm³/mol. The molecule has 1 aromatic rings. The number of benzene rings is 1. The second kappa shape index (κ2) is 5.79. The smallest absolute Gasteiger partial charge is 0.254 e. The number of hydrogen-bond donors (Lipinski definition) is 0. The fourth-order valence-corrected chi connectivity index (χ4v) is 3.37. The maximum Gasteiger partial charge on any atom is 0.254 e. The van der Waals surface area contributed by atoms with Crippen molar-refractivity contribution >= 4 is 31.9 Å². The molecule has 1 aliphatic rings. The van der Waals surface area contributed by atoms with Gasteiger partial charge >= 0.3 is 0 Å². The number of halogens is 2. The number of nitrogens with zero attached hydrogens (tertiary/aromatic N) is 2. The summed E-state index contributed by atoms with van der Waals surface area (Å²) >= 11 is 3.14. The van der Waals surface area contributed by atoms with Crippen molar-refractivity contribution in [3.8, 4) is 0 Å². The molecule has 0 radical (unpaired) electrons. The van der Waals surface area contributed by atoms with Gasteiger partial charge < -0.3 is 4.90 Å². The number of sulfonamides is 1. The Morgan fingerprint density at radius 1 is 1.20 bits per heavy atom. The van der Waals surface area contributed by atoms with Gasteiger partial charge in [-0.2, -0.15) is 4.31 Å². The number of rotatable bonds is 2. The Morgan fingerprint density at radius 2 is 1.80 bits per heavy atom. The van der Waals surface area contributed by atoms with Crippen molar-refractivity contribution in [1.29, 1.82) is 0 Å². The van der Waals surface area contributed by atoms with E-state index in [1.54, 1.807) is 6.07 Å². The molecule has 2 rings (SSSR count). The minimum absolute atomic E-state index is 0.254. The van der Waals surface area contributed by atoms with Gasteiger partial charge in [0, 0.05) is 36.2 Å². The highest BCUT2D eigenvalue weighted by Crippen LogP contribution is 2.17. The van der Waals surface area contributed by atoms with Crippen molar-refractivity contribution in [2.75, 3.05) is 32.4 Å². The van der Waals surface area contributed by atoms with E-state index in [-0.39, 0.29) is 24.6 Å². The van der Waals surface area contributed by atoms with Crippen LogP contribution in [0, 0.1) is 5.82 Å². The van der Waals surface area contributed by atoms with Crippen LogP contribution in [0.2, 0.25) is 0 Å². The lowest BCUT2D eigenvalue weighted by Crippen LogP contribution is -2.50. The fraction of sp³-hybridized carbons (Fsp3) is 0.417. The molecule has 0 aromatic heterocycles.